The minimum atomic E-state index is -3.47. The monoisotopic (exact) mass is 429 g/mol. The lowest BCUT2D eigenvalue weighted by Crippen LogP contribution is -2.29. The fourth-order valence-corrected chi connectivity index (χ4v) is 5.42. The molecule has 0 N–H and O–H groups in total. The van der Waals surface area contributed by atoms with E-state index >= 15 is 0 Å². The van der Waals surface area contributed by atoms with Gasteiger partial charge >= 0.3 is 0 Å². The topological polar surface area (TPSA) is 37.4 Å². The van der Waals surface area contributed by atoms with E-state index < -0.39 is 10.0 Å². The number of halogens is 3. The van der Waals surface area contributed by atoms with Gasteiger partial charge in [-0.15, -0.1) is 0 Å². The molecule has 19 heavy (non-hydrogen) atoms. The molecule has 1 atom stereocenters. The van der Waals surface area contributed by atoms with Gasteiger partial charge in [-0.25, -0.2) is 8.42 Å². The Hall–Kier alpha value is 0.380. The van der Waals surface area contributed by atoms with Crippen molar-refractivity contribution >= 4 is 53.5 Å². The maximum Gasteiger partial charge on any atom is 0.244 e. The number of sulfonamides is 1. The number of alkyl halides is 1. The standard InChI is InChI=1S/C12H14Br2ClNO2S/c13-5-3-9-4-6-16(8-9)19(17,18)12-2-1-10(14)7-11(12)15/h1-2,7,9H,3-6,8H2. The fraction of sp³-hybridized carbons (Fsp3) is 0.500. The Kier molecular flexibility index (Phi) is 5.34. The highest BCUT2D eigenvalue weighted by atomic mass is 79.9. The van der Waals surface area contributed by atoms with Crippen LogP contribution in [0.15, 0.2) is 27.6 Å². The molecule has 1 aliphatic rings. The number of hydrogen-bond acceptors (Lipinski definition) is 2. The average Bonchev–Trinajstić information content (AvgIpc) is 2.78. The normalized spacial score (nSPS) is 20.9. The van der Waals surface area contributed by atoms with E-state index in [2.05, 4.69) is 31.9 Å². The van der Waals surface area contributed by atoms with Crippen LogP contribution >= 0.6 is 43.5 Å². The van der Waals surface area contributed by atoms with Crippen LogP contribution in [0.25, 0.3) is 0 Å². The van der Waals surface area contributed by atoms with E-state index in [1.165, 1.54) is 4.31 Å². The fourth-order valence-electron chi connectivity index (χ4n) is 2.23. The van der Waals surface area contributed by atoms with Crippen LogP contribution in [0, 0.1) is 5.92 Å². The molecular weight excluding hydrogens is 417 g/mol. The summed E-state index contributed by atoms with van der Waals surface area (Å²) in [6, 6.07) is 4.87. The van der Waals surface area contributed by atoms with Gasteiger partial charge in [0.05, 0.1) is 5.02 Å². The first-order valence-electron chi connectivity index (χ1n) is 5.96. The Morgan fingerprint density at radius 1 is 1.42 bits per heavy atom. The van der Waals surface area contributed by atoms with Crippen LogP contribution in [-0.2, 0) is 10.0 Å². The van der Waals surface area contributed by atoms with E-state index in [9.17, 15) is 8.42 Å². The summed E-state index contributed by atoms with van der Waals surface area (Å²) in [6.07, 6.45) is 1.92. The van der Waals surface area contributed by atoms with Crippen LogP contribution in [0.5, 0.6) is 0 Å². The van der Waals surface area contributed by atoms with Gasteiger partial charge in [-0.05, 0) is 37.0 Å². The third kappa shape index (κ3) is 3.53. The largest absolute Gasteiger partial charge is 0.244 e. The van der Waals surface area contributed by atoms with Crippen LogP contribution in [0.2, 0.25) is 5.02 Å². The van der Waals surface area contributed by atoms with Crippen LogP contribution < -0.4 is 0 Å². The summed E-state index contributed by atoms with van der Waals surface area (Å²) in [5.41, 5.74) is 0. The van der Waals surface area contributed by atoms with E-state index in [1.54, 1.807) is 18.2 Å². The van der Waals surface area contributed by atoms with Crippen molar-refractivity contribution in [1.29, 1.82) is 0 Å². The lowest BCUT2D eigenvalue weighted by atomic mass is 10.1. The first-order valence-corrected chi connectivity index (χ1v) is 9.69. The van der Waals surface area contributed by atoms with E-state index in [0.29, 0.717) is 19.0 Å². The SMILES string of the molecule is O=S(=O)(c1ccc(Br)cc1Cl)N1CCC(CCBr)C1. The molecule has 1 heterocycles. The molecule has 7 heteroatoms. The van der Waals surface area contributed by atoms with Gasteiger partial charge in [0, 0.05) is 22.9 Å². The maximum atomic E-state index is 12.5. The molecule has 1 unspecified atom stereocenters. The van der Waals surface area contributed by atoms with Crippen molar-refractivity contribution in [3.63, 3.8) is 0 Å². The highest BCUT2D eigenvalue weighted by Crippen LogP contribution is 2.31. The second-order valence-electron chi connectivity index (χ2n) is 4.57. The van der Waals surface area contributed by atoms with E-state index in [4.69, 9.17) is 11.6 Å². The van der Waals surface area contributed by atoms with Gasteiger partial charge in [-0.2, -0.15) is 4.31 Å². The van der Waals surface area contributed by atoms with Crippen molar-refractivity contribution < 1.29 is 8.42 Å². The van der Waals surface area contributed by atoms with Crippen molar-refractivity contribution in [2.24, 2.45) is 5.92 Å². The molecule has 1 aliphatic heterocycles. The molecule has 0 bridgehead atoms. The number of rotatable bonds is 4. The summed E-state index contributed by atoms with van der Waals surface area (Å²) in [5.74, 6) is 0.434. The lowest BCUT2D eigenvalue weighted by molar-refractivity contribution is 0.454. The molecule has 0 spiro atoms. The first-order chi connectivity index (χ1) is 8.95. The Morgan fingerprint density at radius 3 is 2.79 bits per heavy atom. The lowest BCUT2D eigenvalue weighted by Gasteiger charge is -2.17. The summed E-state index contributed by atoms with van der Waals surface area (Å²) in [4.78, 5) is 0.192. The highest BCUT2D eigenvalue weighted by Gasteiger charge is 2.33. The number of nitrogens with zero attached hydrogens (tertiary/aromatic N) is 1. The molecule has 0 saturated carbocycles. The second-order valence-corrected chi connectivity index (χ2v) is 8.59. The molecule has 106 valence electrons. The maximum absolute atomic E-state index is 12.5. The van der Waals surface area contributed by atoms with Gasteiger partial charge in [-0.1, -0.05) is 43.5 Å². The van der Waals surface area contributed by atoms with Gasteiger partial charge in [0.25, 0.3) is 0 Å². The molecule has 3 nitrogen and oxygen atoms in total. The Morgan fingerprint density at radius 2 is 2.16 bits per heavy atom. The summed E-state index contributed by atoms with van der Waals surface area (Å²) >= 11 is 12.7. The zero-order valence-electron chi connectivity index (χ0n) is 10.2. The zero-order chi connectivity index (χ0) is 14.0. The number of benzene rings is 1. The van der Waals surface area contributed by atoms with Crippen LogP contribution in [0.3, 0.4) is 0 Å². The third-order valence-electron chi connectivity index (χ3n) is 3.28. The molecule has 0 amide bonds. The van der Waals surface area contributed by atoms with Crippen molar-refractivity contribution in [2.45, 2.75) is 17.7 Å². The Labute approximate surface area is 135 Å². The Bertz CT molecular complexity index is 565. The molecule has 1 aromatic carbocycles. The van der Waals surface area contributed by atoms with Crippen LogP contribution in [0.4, 0.5) is 0 Å². The van der Waals surface area contributed by atoms with E-state index in [-0.39, 0.29) is 9.92 Å². The summed E-state index contributed by atoms with van der Waals surface area (Å²) in [6.45, 7) is 1.16. The predicted molar refractivity (Wildman–Crippen MR) is 84.4 cm³/mol. The van der Waals surface area contributed by atoms with E-state index in [0.717, 1.165) is 22.6 Å². The molecule has 0 radical (unpaired) electrons. The van der Waals surface area contributed by atoms with E-state index in [1.807, 2.05) is 0 Å². The summed E-state index contributed by atoms with van der Waals surface area (Å²) in [5, 5.41) is 1.17. The molecule has 0 aromatic heterocycles. The van der Waals surface area contributed by atoms with Gasteiger partial charge in [0.15, 0.2) is 0 Å². The average molecular weight is 432 g/mol. The summed E-state index contributed by atoms with van der Waals surface area (Å²) < 4.78 is 27.4. The van der Waals surface area contributed by atoms with Gasteiger partial charge in [0.2, 0.25) is 10.0 Å². The number of hydrogen-bond donors (Lipinski definition) is 0. The van der Waals surface area contributed by atoms with Crippen molar-refractivity contribution in [3.05, 3.63) is 27.7 Å². The second kappa shape index (κ2) is 6.43. The van der Waals surface area contributed by atoms with Crippen LogP contribution in [0.1, 0.15) is 12.8 Å². The Balaban J connectivity index is 2.23. The molecular formula is C12H14Br2ClNO2S. The van der Waals surface area contributed by atoms with Crippen molar-refractivity contribution in [1.82, 2.24) is 4.31 Å². The minimum absolute atomic E-state index is 0.192. The first kappa shape index (κ1) is 15.8. The summed E-state index contributed by atoms with van der Waals surface area (Å²) in [7, 11) is -3.47. The molecule has 1 fully saturated rings. The quantitative estimate of drug-likeness (QED) is 0.678. The predicted octanol–water partition coefficient (Wildman–Crippen LogP) is 3.90. The third-order valence-corrected chi connectivity index (χ3v) is 6.58. The van der Waals surface area contributed by atoms with Crippen molar-refractivity contribution in [3.8, 4) is 0 Å². The zero-order valence-corrected chi connectivity index (χ0v) is 14.9. The van der Waals surface area contributed by atoms with Gasteiger partial charge < -0.3 is 0 Å². The van der Waals surface area contributed by atoms with Crippen LogP contribution in [-0.4, -0.2) is 31.1 Å². The molecule has 2 rings (SSSR count). The molecule has 1 aromatic rings. The smallest absolute Gasteiger partial charge is 0.207 e. The van der Waals surface area contributed by atoms with Crippen molar-refractivity contribution in [2.75, 3.05) is 18.4 Å². The molecule has 0 aliphatic carbocycles. The van der Waals surface area contributed by atoms with Gasteiger partial charge in [-0.3, -0.25) is 0 Å². The minimum Gasteiger partial charge on any atom is -0.207 e. The molecule has 1 saturated heterocycles. The highest BCUT2D eigenvalue weighted by molar-refractivity contribution is 9.10. The van der Waals surface area contributed by atoms with Gasteiger partial charge in [0.1, 0.15) is 4.90 Å².